The van der Waals surface area contributed by atoms with Gasteiger partial charge < -0.3 is 10.2 Å². The van der Waals surface area contributed by atoms with Crippen LogP contribution in [-0.2, 0) is 0 Å². The quantitative estimate of drug-likeness (QED) is 0.451. The number of rotatable bonds is 6. The Morgan fingerprint density at radius 2 is 1.53 bits per heavy atom. The lowest BCUT2D eigenvalue weighted by molar-refractivity contribution is 0.0944. The number of nitrogens with zero attached hydrogens (tertiary/aromatic N) is 1. The fourth-order valence-corrected chi connectivity index (χ4v) is 3.62. The molecule has 0 aliphatic rings. The summed E-state index contributed by atoms with van der Waals surface area (Å²) in [7, 11) is 0. The third kappa shape index (κ3) is 4.67. The second kappa shape index (κ2) is 9.43. The Balaban J connectivity index is 1.52. The Morgan fingerprint density at radius 1 is 0.844 bits per heavy atom. The first-order chi connectivity index (χ1) is 15.5. The fourth-order valence-electron chi connectivity index (χ4n) is 3.62. The van der Waals surface area contributed by atoms with Gasteiger partial charge in [-0.2, -0.15) is 0 Å². The summed E-state index contributed by atoms with van der Waals surface area (Å²) in [5.74, 6) is -0.791. The molecule has 0 radical (unpaired) electrons. The molecule has 2 amide bonds. The number of anilines is 1. The van der Waals surface area contributed by atoms with Crippen molar-refractivity contribution >= 4 is 28.3 Å². The maximum atomic E-state index is 13.4. The number of fused-ring (bicyclic) bond motifs is 1. The summed E-state index contributed by atoms with van der Waals surface area (Å²) in [6.07, 6.45) is 0. The molecule has 0 saturated carbocycles. The zero-order valence-electron chi connectivity index (χ0n) is 17.7. The highest BCUT2D eigenvalue weighted by molar-refractivity contribution is 6.08. The largest absolute Gasteiger partial charge is 0.350 e. The van der Waals surface area contributed by atoms with Crippen molar-refractivity contribution in [3.05, 3.63) is 114 Å². The van der Waals surface area contributed by atoms with E-state index in [0.717, 1.165) is 16.3 Å². The summed E-state index contributed by atoms with van der Waals surface area (Å²) in [6, 6.07) is 26.3. The predicted molar refractivity (Wildman–Crippen MR) is 126 cm³/mol. The van der Waals surface area contributed by atoms with E-state index < -0.39 is 0 Å². The summed E-state index contributed by atoms with van der Waals surface area (Å²) in [6.45, 7) is 2.45. The highest BCUT2D eigenvalue weighted by Crippen LogP contribution is 2.20. The zero-order valence-corrected chi connectivity index (χ0v) is 17.7. The topological polar surface area (TPSA) is 49.4 Å². The molecule has 1 N–H and O–H groups in total. The van der Waals surface area contributed by atoms with Gasteiger partial charge >= 0.3 is 0 Å². The van der Waals surface area contributed by atoms with Crippen molar-refractivity contribution in [3.63, 3.8) is 0 Å². The number of carbonyl (C=O) groups is 2. The molecule has 0 bridgehead atoms. The van der Waals surface area contributed by atoms with E-state index in [1.165, 1.54) is 12.1 Å². The third-order valence-electron chi connectivity index (χ3n) is 5.34. The normalized spacial score (nSPS) is 10.7. The van der Waals surface area contributed by atoms with Crippen molar-refractivity contribution in [3.8, 4) is 0 Å². The lowest BCUT2D eigenvalue weighted by Gasteiger charge is -2.23. The zero-order chi connectivity index (χ0) is 22.5. The van der Waals surface area contributed by atoms with E-state index in [4.69, 9.17) is 0 Å². The van der Waals surface area contributed by atoms with Crippen molar-refractivity contribution in [2.75, 3.05) is 18.0 Å². The van der Waals surface area contributed by atoms with Gasteiger partial charge in [-0.15, -0.1) is 0 Å². The molecule has 0 unspecified atom stereocenters. The molecule has 4 rings (SSSR count). The lowest BCUT2D eigenvalue weighted by Crippen LogP contribution is -2.38. The summed E-state index contributed by atoms with van der Waals surface area (Å²) in [5.41, 5.74) is 2.73. The Hall–Kier alpha value is -3.99. The van der Waals surface area contributed by atoms with E-state index in [9.17, 15) is 14.0 Å². The van der Waals surface area contributed by atoms with Gasteiger partial charge in [0.25, 0.3) is 11.8 Å². The van der Waals surface area contributed by atoms with Crippen molar-refractivity contribution in [2.24, 2.45) is 0 Å². The fraction of sp³-hybridized carbons (Fsp3) is 0.111. The molecule has 0 aromatic heterocycles. The molecule has 0 heterocycles. The molecule has 0 saturated heterocycles. The smallest absolute Gasteiger partial charge is 0.258 e. The highest BCUT2D eigenvalue weighted by Gasteiger charge is 2.18. The number of hydrogen-bond donors (Lipinski definition) is 1. The molecule has 0 aliphatic carbocycles. The monoisotopic (exact) mass is 426 g/mol. The Morgan fingerprint density at radius 3 is 2.28 bits per heavy atom. The Kier molecular flexibility index (Phi) is 6.26. The Labute approximate surface area is 186 Å². The first kappa shape index (κ1) is 21.2. The number of nitrogens with one attached hydrogen (secondary N) is 1. The molecule has 0 atom stereocenters. The second-order valence-corrected chi connectivity index (χ2v) is 7.58. The molecule has 0 fully saturated rings. The van der Waals surface area contributed by atoms with Crippen LogP contribution in [0.25, 0.3) is 10.8 Å². The maximum Gasteiger partial charge on any atom is 0.258 e. The van der Waals surface area contributed by atoms with Crippen molar-refractivity contribution in [2.45, 2.75) is 6.92 Å². The van der Waals surface area contributed by atoms with Crippen LogP contribution < -0.4 is 10.2 Å². The van der Waals surface area contributed by atoms with Gasteiger partial charge in [-0.3, -0.25) is 9.59 Å². The van der Waals surface area contributed by atoms with Crippen LogP contribution in [0.5, 0.6) is 0 Å². The van der Waals surface area contributed by atoms with Crippen LogP contribution in [0.15, 0.2) is 91.0 Å². The summed E-state index contributed by atoms with van der Waals surface area (Å²) in [4.78, 5) is 27.6. The van der Waals surface area contributed by atoms with Crippen molar-refractivity contribution in [1.82, 2.24) is 5.32 Å². The van der Waals surface area contributed by atoms with Crippen LogP contribution >= 0.6 is 0 Å². The van der Waals surface area contributed by atoms with Crippen LogP contribution in [0.3, 0.4) is 0 Å². The second-order valence-electron chi connectivity index (χ2n) is 7.58. The van der Waals surface area contributed by atoms with Crippen LogP contribution in [0.1, 0.15) is 26.3 Å². The number of halogens is 1. The van der Waals surface area contributed by atoms with E-state index in [1.54, 1.807) is 35.2 Å². The SMILES string of the molecule is Cc1ccc(C(=O)N(CCNC(=O)c2cccc3ccccc23)c2ccc(F)cc2)cc1. The minimum Gasteiger partial charge on any atom is -0.350 e. The van der Waals surface area contributed by atoms with Gasteiger partial charge in [0.2, 0.25) is 0 Å². The van der Waals surface area contributed by atoms with Gasteiger partial charge in [-0.1, -0.05) is 54.1 Å². The lowest BCUT2D eigenvalue weighted by atomic mass is 10.0. The summed E-state index contributed by atoms with van der Waals surface area (Å²) >= 11 is 0. The first-order valence-corrected chi connectivity index (χ1v) is 10.4. The molecule has 4 nitrogen and oxygen atoms in total. The minimum absolute atomic E-state index is 0.205. The van der Waals surface area contributed by atoms with E-state index in [-0.39, 0.29) is 30.7 Å². The number of benzene rings is 4. The molecule has 0 spiro atoms. The van der Waals surface area contributed by atoms with Gasteiger partial charge in [0, 0.05) is 29.9 Å². The number of amides is 2. The van der Waals surface area contributed by atoms with Gasteiger partial charge in [-0.05, 0) is 60.2 Å². The summed E-state index contributed by atoms with van der Waals surface area (Å²) in [5, 5.41) is 4.77. The molecular formula is C27H23FN2O2. The molecule has 32 heavy (non-hydrogen) atoms. The molecular weight excluding hydrogens is 403 g/mol. The standard InChI is InChI=1S/C27H23FN2O2/c1-19-9-11-21(12-10-19)27(32)30(23-15-13-22(28)14-16-23)18-17-29-26(31)25-8-4-6-20-5-2-3-7-24(20)25/h2-16H,17-18H2,1H3,(H,29,31). The van der Waals surface area contributed by atoms with E-state index in [2.05, 4.69) is 5.32 Å². The van der Waals surface area contributed by atoms with Gasteiger partial charge in [-0.25, -0.2) is 4.39 Å². The van der Waals surface area contributed by atoms with Gasteiger partial charge in [0.05, 0.1) is 0 Å². The van der Waals surface area contributed by atoms with Gasteiger partial charge in [0.15, 0.2) is 0 Å². The molecule has 160 valence electrons. The maximum absolute atomic E-state index is 13.4. The highest BCUT2D eigenvalue weighted by atomic mass is 19.1. The molecule has 0 aliphatic heterocycles. The van der Waals surface area contributed by atoms with Crippen LogP contribution in [0.2, 0.25) is 0 Å². The molecule has 4 aromatic rings. The average molecular weight is 426 g/mol. The summed E-state index contributed by atoms with van der Waals surface area (Å²) < 4.78 is 13.4. The van der Waals surface area contributed by atoms with Crippen molar-refractivity contribution < 1.29 is 14.0 Å². The van der Waals surface area contributed by atoms with Crippen LogP contribution in [0, 0.1) is 12.7 Å². The molecule has 5 heteroatoms. The number of hydrogen-bond acceptors (Lipinski definition) is 2. The van der Waals surface area contributed by atoms with Crippen molar-refractivity contribution in [1.29, 1.82) is 0 Å². The average Bonchev–Trinajstić information content (AvgIpc) is 2.82. The Bertz CT molecular complexity index is 1250. The number of carbonyl (C=O) groups excluding carboxylic acids is 2. The third-order valence-corrected chi connectivity index (χ3v) is 5.34. The van der Waals surface area contributed by atoms with Crippen LogP contribution in [-0.4, -0.2) is 24.9 Å². The van der Waals surface area contributed by atoms with Crippen LogP contribution in [0.4, 0.5) is 10.1 Å². The van der Waals surface area contributed by atoms with Gasteiger partial charge in [0.1, 0.15) is 5.82 Å². The minimum atomic E-state index is -0.374. The molecule has 4 aromatic carbocycles. The number of aryl methyl sites for hydroxylation is 1. The van der Waals surface area contributed by atoms with E-state index >= 15 is 0 Å². The van der Waals surface area contributed by atoms with E-state index in [1.807, 2.05) is 55.5 Å². The first-order valence-electron chi connectivity index (χ1n) is 10.4. The van der Waals surface area contributed by atoms with E-state index in [0.29, 0.717) is 16.8 Å². The predicted octanol–water partition coefficient (Wildman–Crippen LogP) is 5.36.